The van der Waals surface area contributed by atoms with E-state index in [2.05, 4.69) is 15.9 Å². The van der Waals surface area contributed by atoms with E-state index in [1.165, 1.54) is 24.3 Å². The Morgan fingerprint density at radius 1 is 1.07 bits per heavy atom. The van der Waals surface area contributed by atoms with Crippen molar-refractivity contribution in [3.05, 3.63) is 68.5 Å². The van der Waals surface area contributed by atoms with Gasteiger partial charge in [-0.2, -0.15) is 0 Å². The van der Waals surface area contributed by atoms with Crippen molar-refractivity contribution in [1.82, 2.24) is 4.90 Å². The summed E-state index contributed by atoms with van der Waals surface area (Å²) in [6.07, 6.45) is 1.35. The van der Waals surface area contributed by atoms with Crippen LogP contribution in [-0.4, -0.2) is 28.5 Å². The molecule has 1 aliphatic heterocycles. The number of amides is 3. The lowest BCUT2D eigenvalue weighted by atomic mass is 10.2. The van der Waals surface area contributed by atoms with E-state index in [0.29, 0.717) is 28.3 Å². The number of hydrogen-bond acceptors (Lipinski definition) is 4. The molecule has 0 aromatic heterocycles. The number of nitrogens with zero attached hydrogens (tertiary/aromatic N) is 1. The first kappa shape index (κ1) is 21.1. The van der Waals surface area contributed by atoms with Crippen LogP contribution in [0.3, 0.4) is 0 Å². The third kappa shape index (κ3) is 4.51. The van der Waals surface area contributed by atoms with Crippen LogP contribution in [0.4, 0.5) is 28.0 Å². The van der Waals surface area contributed by atoms with Gasteiger partial charge >= 0.3 is 0 Å². The molecule has 0 atom stereocenters. The fraction of sp³-hybridized carbons (Fsp3) is 0.0556. The summed E-state index contributed by atoms with van der Waals surface area (Å²) in [7, 11) is 0. The van der Waals surface area contributed by atoms with Gasteiger partial charge in [0.1, 0.15) is 12.4 Å². The molecule has 1 aliphatic rings. The fourth-order valence-electron chi connectivity index (χ4n) is 2.35. The van der Waals surface area contributed by atoms with Gasteiger partial charge in [-0.15, -0.1) is 0 Å². The number of rotatable bonds is 4. The zero-order valence-electron chi connectivity index (χ0n) is 14.1. The van der Waals surface area contributed by atoms with Gasteiger partial charge < -0.3 is 5.32 Å². The number of carbonyl (C=O) groups is 3. The molecule has 0 bridgehead atoms. The molecule has 1 N–H and O–H groups in total. The van der Waals surface area contributed by atoms with Crippen LogP contribution in [0.2, 0.25) is 0 Å². The number of imide groups is 1. The van der Waals surface area contributed by atoms with Crippen molar-refractivity contribution in [1.29, 1.82) is 0 Å². The first-order chi connectivity index (χ1) is 13.7. The molecule has 1 fully saturated rings. The Morgan fingerprint density at radius 2 is 1.76 bits per heavy atom. The van der Waals surface area contributed by atoms with Gasteiger partial charge in [-0.25, -0.2) is 17.6 Å². The van der Waals surface area contributed by atoms with Gasteiger partial charge in [-0.05, 0) is 63.6 Å². The van der Waals surface area contributed by atoms with Gasteiger partial charge in [0.15, 0.2) is 17.5 Å². The van der Waals surface area contributed by atoms with E-state index in [1.807, 2.05) is 5.32 Å². The lowest BCUT2D eigenvalue weighted by Gasteiger charge is -2.13. The summed E-state index contributed by atoms with van der Waals surface area (Å²) in [6.45, 7) is -0.756. The van der Waals surface area contributed by atoms with Gasteiger partial charge in [0.25, 0.3) is 11.1 Å². The van der Waals surface area contributed by atoms with E-state index in [4.69, 9.17) is 0 Å². The number of hydrogen-bond donors (Lipinski definition) is 1. The normalized spacial score (nSPS) is 15.3. The van der Waals surface area contributed by atoms with Crippen molar-refractivity contribution in [3.63, 3.8) is 0 Å². The van der Waals surface area contributed by atoms with Crippen LogP contribution in [0.5, 0.6) is 0 Å². The predicted octanol–water partition coefficient (Wildman–Crippen LogP) is 4.68. The SMILES string of the molecule is O=C(CN1C(=O)S/C(=C/c2ccc(F)c(Br)c2)C1=O)Nc1ccc(F)c(F)c1F. The van der Waals surface area contributed by atoms with Crippen molar-refractivity contribution in [2.45, 2.75) is 0 Å². The Kier molecular flexibility index (Phi) is 6.08. The Morgan fingerprint density at radius 3 is 2.45 bits per heavy atom. The third-order valence-corrected chi connectivity index (χ3v) is 5.24. The van der Waals surface area contributed by atoms with Crippen LogP contribution in [0.15, 0.2) is 39.7 Å². The van der Waals surface area contributed by atoms with Crippen molar-refractivity contribution < 1.29 is 31.9 Å². The molecule has 3 amide bonds. The van der Waals surface area contributed by atoms with E-state index in [-0.39, 0.29) is 9.38 Å². The van der Waals surface area contributed by atoms with E-state index >= 15 is 0 Å². The standard InChI is InChI=1S/C18H9BrF4N2O3S/c19-9-5-8(1-2-10(9)20)6-13-17(27)25(18(28)29-13)7-14(26)24-12-4-3-11(21)15(22)16(12)23/h1-6H,7H2,(H,24,26)/b13-6+. The second kappa shape index (κ2) is 8.37. The third-order valence-electron chi connectivity index (χ3n) is 3.73. The highest BCUT2D eigenvalue weighted by Crippen LogP contribution is 2.32. The van der Waals surface area contributed by atoms with E-state index in [9.17, 15) is 31.9 Å². The van der Waals surface area contributed by atoms with Crippen LogP contribution in [0, 0.1) is 23.3 Å². The summed E-state index contributed by atoms with van der Waals surface area (Å²) in [6, 6.07) is 5.40. The Balaban J connectivity index is 1.73. The molecule has 29 heavy (non-hydrogen) atoms. The Hall–Kier alpha value is -2.66. The maximum Gasteiger partial charge on any atom is 0.294 e. The van der Waals surface area contributed by atoms with Crippen LogP contribution in [0.25, 0.3) is 6.08 Å². The van der Waals surface area contributed by atoms with Gasteiger partial charge in [0.05, 0.1) is 15.1 Å². The maximum absolute atomic E-state index is 13.6. The largest absolute Gasteiger partial charge is 0.322 e. The highest BCUT2D eigenvalue weighted by molar-refractivity contribution is 9.10. The summed E-state index contributed by atoms with van der Waals surface area (Å²) in [5, 5.41) is 1.23. The molecule has 1 saturated heterocycles. The number of halogens is 5. The van der Waals surface area contributed by atoms with Crippen LogP contribution in [0.1, 0.15) is 5.56 Å². The maximum atomic E-state index is 13.6. The molecule has 150 valence electrons. The molecule has 0 saturated carbocycles. The highest BCUT2D eigenvalue weighted by Gasteiger charge is 2.36. The lowest BCUT2D eigenvalue weighted by molar-refractivity contribution is -0.127. The molecule has 0 aliphatic carbocycles. The summed E-state index contributed by atoms with van der Waals surface area (Å²) in [4.78, 5) is 37.1. The number of thioether (sulfide) groups is 1. The van der Waals surface area contributed by atoms with Gasteiger partial charge in [0, 0.05) is 0 Å². The number of nitrogens with one attached hydrogen (secondary N) is 1. The highest BCUT2D eigenvalue weighted by atomic mass is 79.9. The van der Waals surface area contributed by atoms with E-state index in [1.54, 1.807) is 0 Å². The zero-order chi connectivity index (χ0) is 21.3. The molecule has 0 spiro atoms. The quantitative estimate of drug-likeness (QED) is 0.385. The predicted molar refractivity (Wildman–Crippen MR) is 102 cm³/mol. The molecule has 0 unspecified atom stereocenters. The van der Waals surface area contributed by atoms with E-state index < -0.39 is 52.6 Å². The second-order valence-corrected chi connectivity index (χ2v) is 7.56. The average Bonchev–Trinajstić information content (AvgIpc) is 2.92. The van der Waals surface area contributed by atoms with Gasteiger partial charge in [-0.3, -0.25) is 19.3 Å². The molecule has 5 nitrogen and oxygen atoms in total. The number of anilines is 1. The molecule has 2 aromatic rings. The fourth-order valence-corrected chi connectivity index (χ4v) is 3.58. The summed E-state index contributed by atoms with van der Waals surface area (Å²) in [5.41, 5.74) is -0.190. The zero-order valence-corrected chi connectivity index (χ0v) is 16.5. The molecule has 2 aromatic carbocycles. The van der Waals surface area contributed by atoms with E-state index in [0.717, 1.165) is 6.07 Å². The molecular weight excluding hydrogens is 480 g/mol. The Bertz CT molecular complexity index is 1080. The Labute approximate surface area is 173 Å². The molecule has 0 radical (unpaired) electrons. The minimum atomic E-state index is -1.76. The summed E-state index contributed by atoms with van der Waals surface area (Å²) in [5.74, 6) is -7.05. The van der Waals surface area contributed by atoms with Crippen LogP contribution >= 0.6 is 27.7 Å². The average molecular weight is 489 g/mol. The van der Waals surface area contributed by atoms with Crippen LogP contribution in [-0.2, 0) is 9.59 Å². The minimum Gasteiger partial charge on any atom is -0.322 e. The smallest absolute Gasteiger partial charge is 0.294 e. The summed E-state index contributed by atoms with van der Waals surface area (Å²) < 4.78 is 53.3. The molecular formula is C18H9BrF4N2O3S. The number of benzene rings is 2. The molecule has 11 heteroatoms. The van der Waals surface area contributed by atoms with Gasteiger partial charge in [-0.1, -0.05) is 6.07 Å². The molecule has 3 rings (SSSR count). The minimum absolute atomic E-state index is 0.000292. The van der Waals surface area contributed by atoms with Crippen molar-refractivity contribution in [3.8, 4) is 0 Å². The van der Waals surface area contributed by atoms with Crippen LogP contribution < -0.4 is 5.32 Å². The van der Waals surface area contributed by atoms with Crippen molar-refractivity contribution in [2.24, 2.45) is 0 Å². The topological polar surface area (TPSA) is 66.5 Å². The molecule has 1 heterocycles. The lowest BCUT2D eigenvalue weighted by Crippen LogP contribution is -2.36. The second-order valence-electron chi connectivity index (χ2n) is 5.71. The van der Waals surface area contributed by atoms with Gasteiger partial charge in [0.2, 0.25) is 5.91 Å². The summed E-state index contributed by atoms with van der Waals surface area (Å²) >= 11 is 3.58. The first-order valence-corrected chi connectivity index (χ1v) is 9.42. The monoisotopic (exact) mass is 488 g/mol. The number of carbonyl (C=O) groups excluding carboxylic acids is 3. The first-order valence-electron chi connectivity index (χ1n) is 7.81. The van der Waals surface area contributed by atoms with Crippen molar-refractivity contribution in [2.75, 3.05) is 11.9 Å². The van der Waals surface area contributed by atoms with Crippen molar-refractivity contribution >= 4 is 56.5 Å².